The Labute approximate surface area is 162 Å². The molecule has 0 bridgehead atoms. The van der Waals surface area contributed by atoms with Crippen LogP contribution in [0.4, 0.5) is 13.2 Å². The van der Waals surface area contributed by atoms with Crippen LogP contribution in [0.25, 0.3) is 0 Å². The number of nitrogens with zero attached hydrogens (tertiary/aromatic N) is 2. The highest BCUT2D eigenvalue weighted by Gasteiger charge is 2.44. The summed E-state index contributed by atoms with van der Waals surface area (Å²) in [6, 6.07) is -1.67. The highest BCUT2D eigenvalue weighted by Crippen LogP contribution is 2.29. The zero-order chi connectivity index (χ0) is 18.8. The number of hydrogen-bond donors (Lipinski definition) is 2. The Hall–Kier alpha value is -0.900. The third-order valence-corrected chi connectivity index (χ3v) is 5.65. The van der Waals surface area contributed by atoms with Crippen LogP contribution in [0, 0.1) is 6.92 Å². The first-order chi connectivity index (χ1) is 11.5. The number of hydrogen-bond acceptors (Lipinski definition) is 5. The fraction of sp³-hybridized carbons (Fsp3) is 0.750. The smallest absolute Gasteiger partial charge is 0.349 e. The molecule has 1 aliphatic rings. The molecule has 1 aromatic rings. The number of aryl methyl sites for hydroxylation is 1. The van der Waals surface area contributed by atoms with Gasteiger partial charge in [-0.2, -0.15) is 13.2 Å². The molecule has 150 valence electrons. The molecule has 2 rings (SSSR count). The third-order valence-electron chi connectivity index (χ3n) is 4.07. The van der Waals surface area contributed by atoms with Crippen LogP contribution in [0.5, 0.6) is 0 Å². The molecule has 1 aromatic heterocycles. The topological polar surface area (TPSA) is 57.3 Å². The van der Waals surface area contributed by atoms with Crippen LogP contribution in [0.3, 0.4) is 0 Å². The van der Waals surface area contributed by atoms with Crippen LogP contribution in [-0.4, -0.2) is 60.7 Å². The van der Waals surface area contributed by atoms with Gasteiger partial charge in [0.05, 0.1) is 10.7 Å². The predicted molar refractivity (Wildman–Crippen MR) is 99.4 cm³/mol. The standard InChI is InChI=1S/C16H25F3N4OS.ClH/c1-10-12(25-14(22-10)15(2,3)4)13(24)21-9-11(16(17,18)19)23-7-5-20-6-8-23;/h11,20H,5-9H2,1-4H3,(H,21,24);1H. The van der Waals surface area contributed by atoms with E-state index in [1.54, 1.807) is 6.92 Å². The van der Waals surface area contributed by atoms with Gasteiger partial charge in [-0.05, 0) is 6.92 Å². The van der Waals surface area contributed by atoms with Crippen molar-refractivity contribution in [2.45, 2.75) is 45.3 Å². The number of aromatic nitrogens is 1. The summed E-state index contributed by atoms with van der Waals surface area (Å²) in [5.74, 6) is -0.491. The lowest BCUT2D eigenvalue weighted by atomic mass is 9.98. The van der Waals surface area contributed by atoms with Gasteiger partial charge in [-0.15, -0.1) is 23.7 Å². The monoisotopic (exact) mass is 414 g/mol. The van der Waals surface area contributed by atoms with Gasteiger partial charge in [-0.25, -0.2) is 4.98 Å². The molecule has 2 heterocycles. The van der Waals surface area contributed by atoms with Crippen molar-refractivity contribution >= 4 is 29.7 Å². The molecular formula is C16H26ClF3N4OS. The number of thiazole rings is 1. The summed E-state index contributed by atoms with van der Waals surface area (Å²) in [5, 5.41) is 6.29. The average molecular weight is 415 g/mol. The zero-order valence-corrected chi connectivity index (χ0v) is 17.0. The molecule has 10 heteroatoms. The highest BCUT2D eigenvalue weighted by molar-refractivity contribution is 7.14. The van der Waals surface area contributed by atoms with Gasteiger partial charge >= 0.3 is 6.18 Å². The summed E-state index contributed by atoms with van der Waals surface area (Å²) >= 11 is 1.24. The highest BCUT2D eigenvalue weighted by atomic mass is 35.5. The van der Waals surface area contributed by atoms with Gasteiger partial charge < -0.3 is 10.6 Å². The normalized spacial score (nSPS) is 17.5. The number of amides is 1. The van der Waals surface area contributed by atoms with E-state index in [1.165, 1.54) is 16.2 Å². The number of halogens is 4. The molecule has 0 radical (unpaired) electrons. The van der Waals surface area contributed by atoms with E-state index in [2.05, 4.69) is 15.6 Å². The second kappa shape index (κ2) is 8.86. The Morgan fingerprint density at radius 2 is 1.88 bits per heavy atom. The molecule has 1 fully saturated rings. The molecule has 1 atom stereocenters. The number of piperazine rings is 1. The first-order valence-electron chi connectivity index (χ1n) is 8.27. The van der Waals surface area contributed by atoms with Crippen molar-refractivity contribution in [1.82, 2.24) is 20.5 Å². The van der Waals surface area contributed by atoms with Crippen molar-refractivity contribution in [2.24, 2.45) is 0 Å². The van der Waals surface area contributed by atoms with E-state index in [9.17, 15) is 18.0 Å². The zero-order valence-electron chi connectivity index (χ0n) is 15.4. The van der Waals surface area contributed by atoms with Gasteiger partial charge in [0.2, 0.25) is 0 Å². The van der Waals surface area contributed by atoms with Gasteiger partial charge in [-0.1, -0.05) is 20.8 Å². The van der Waals surface area contributed by atoms with Crippen LogP contribution in [-0.2, 0) is 5.41 Å². The van der Waals surface area contributed by atoms with Crippen molar-refractivity contribution in [3.05, 3.63) is 15.6 Å². The van der Waals surface area contributed by atoms with Crippen LogP contribution in [0.1, 0.15) is 41.1 Å². The summed E-state index contributed by atoms with van der Waals surface area (Å²) in [6.45, 7) is 8.86. The Bertz CT molecular complexity index is 610. The minimum Gasteiger partial charge on any atom is -0.349 e. The van der Waals surface area contributed by atoms with Gasteiger partial charge in [0.15, 0.2) is 0 Å². The molecule has 1 aliphatic heterocycles. The Morgan fingerprint density at radius 1 is 1.31 bits per heavy atom. The van der Waals surface area contributed by atoms with Crippen molar-refractivity contribution in [2.75, 3.05) is 32.7 Å². The van der Waals surface area contributed by atoms with Crippen LogP contribution >= 0.6 is 23.7 Å². The van der Waals surface area contributed by atoms with E-state index in [4.69, 9.17) is 0 Å². The van der Waals surface area contributed by atoms with Crippen molar-refractivity contribution in [3.8, 4) is 0 Å². The van der Waals surface area contributed by atoms with Crippen LogP contribution < -0.4 is 10.6 Å². The second-order valence-corrected chi connectivity index (χ2v) is 8.24. The van der Waals surface area contributed by atoms with E-state index in [0.29, 0.717) is 36.8 Å². The van der Waals surface area contributed by atoms with Crippen LogP contribution in [0.2, 0.25) is 0 Å². The number of nitrogens with one attached hydrogen (secondary N) is 2. The molecule has 1 amide bonds. The minimum absolute atomic E-state index is 0. The summed E-state index contributed by atoms with van der Waals surface area (Å²) < 4.78 is 40.1. The molecule has 1 saturated heterocycles. The predicted octanol–water partition coefficient (Wildman–Crippen LogP) is 2.74. The van der Waals surface area contributed by atoms with Crippen molar-refractivity contribution < 1.29 is 18.0 Å². The van der Waals surface area contributed by atoms with E-state index in [0.717, 1.165) is 5.01 Å². The molecule has 26 heavy (non-hydrogen) atoms. The Balaban J connectivity index is 0.00000338. The van der Waals surface area contributed by atoms with Gasteiger partial charge in [-0.3, -0.25) is 9.69 Å². The molecule has 2 N–H and O–H groups in total. The van der Waals surface area contributed by atoms with Crippen molar-refractivity contribution in [1.29, 1.82) is 0 Å². The second-order valence-electron chi connectivity index (χ2n) is 7.24. The molecule has 0 aliphatic carbocycles. The van der Waals surface area contributed by atoms with Gasteiger partial charge in [0, 0.05) is 38.1 Å². The SMILES string of the molecule is Cc1nc(C(C)(C)C)sc1C(=O)NCC(N1CCNCC1)C(F)(F)F.Cl. The van der Waals surface area contributed by atoms with Gasteiger partial charge in [0.25, 0.3) is 5.91 Å². The maximum absolute atomic E-state index is 13.4. The first-order valence-corrected chi connectivity index (χ1v) is 9.09. The average Bonchev–Trinajstić information content (AvgIpc) is 2.89. The quantitative estimate of drug-likeness (QED) is 0.795. The Morgan fingerprint density at radius 3 is 2.35 bits per heavy atom. The number of carbonyl (C=O) groups excluding carboxylic acids is 1. The summed E-state index contributed by atoms with van der Waals surface area (Å²) in [6.07, 6.45) is -4.38. The number of carbonyl (C=O) groups is 1. The molecule has 1 unspecified atom stereocenters. The van der Waals surface area contributed by atoms with Crippen LogP contribution in [0.15, 0.2) is 0 Å². The minimum atomic E-state index is -4.38. The summed E-state index contributed by atoms with van der Waals surface area (Å²) in [5.41, 5.74) is 0.349. The van der Waals surface area contributed by atoms with E-state index < -0.39 is 24.7 Å². The molecule has 5 nitrogen and oxygen atoms in total. The maximum Gasteiger partial charge on any atom is 0.405 e. The fourth-order valence-corrected chi connectivity index (χ4v) is 3.68. The lowest BCUT2D eigenvalue weighted by molar-refractivity contribution is -0.183. The maximum atomic E-state index is 13.4. The van der Waals surface area contributed by atoms with Crippen molar-refractivity contribution in [3.63, 3.8) is 0 Å². The summed E-state index contributed by atoms with van der Waals surface area (Å²) in [4.78, 5) is 18.5. The fourth-order valence-electron chi connectivity index (χ4n) is 2.64. The molecule has 0 spiro atoms. The number of alkyl halides is 3. The van der Waals surface area contributed by atoms with Gasteiger partial charge in [0.1, 0.15) is 10.9 Å². The molecule has 0 saturated carbocycles. The largest absolute Gasteiger partial charge is 0.405 e. The third kappa shape index (κ3) is 5.80. The van der Waals surface area contributed by atoms with E-state index in [1.807, 2.05) is 20.8 Å². The van der Waals surface area contributed by atoms with E-state index >= 15 is 0 Å². The summed E-state index contributed by atoms with van der Waals surface area (Å²) in [7, 11) is 0. The lowest BCUT2D eigenvalue weighted by Crippen LogP contribution is -2.57. The molecule has 0 aromatic carbocycles. The lowest BCUT2D eigenvalue weighted by Gasteiger charge is -2.35. The Kier molecular flexibility index (Phi) is 7.88. The van der Waals surface area contributed by atoms with E-state index in [-0.39, 0.29) is 17.8 Å². The first kappa shape index (κ1) is 23.1. The molecular weight excluding hydrogens is 389 g/mol. The number of rotatable bonds is 4.